The number of carbonyl (C=O) groups is 1. The zero-order valence-corrected chi connectivity index (χ0v) is 8.88. The summed E-state index contributed by atoms with van der Waals surface area (Å²) in [6, 6.07) is 1.79. The summed E-state index contributed by atoms with van der Waals surface area (Å²) in [7, 11) is 0. The first-order chi connectivity index (χ1) is 6.42. The molecule has 3 heteroatoms. The molecule has 2 rings (SSSR count). The third-order valence-corrected chi connectivity index (χ3v) is 2.57. The van der Waals surface area contributed by atoms with Gasteiger partial charge < -0.3 is 9.15 Å². The molecule has 2 heterocycles. The number of ketones is 1. The van der Waals surface area contributed by atoms with Crippen LogP contribution in [0, 0.1) is 6.92 Å². The van der Waals surface area contributed by atoms with E-state index in [4.69, 9.17) is 9.15 Å². The average molecular weight is 194 g/mol. The second-order valence-corrected chi connectivity index (χ2v) is 4.28. The third kappa shape index (κ3) is 1.38. The SMILES string of the molecule is CC(=O)c1cc(C2OC2(C)C)oc1C. The maximum Gasteiger partial charge on any atom is 0.163 e. The van der Waals surface area contributed by atoms with Crippen LogP contribution in [0.1, 0.15) is 48.8 Å². The van der Waals surface area contributed by atoms with Gasteiger partial charge in [-0.3, -0.25) is 4.79 Å². The Labute approximate surface area is 83.0 Å². The number of rotatable bonds is 2. The van der Waals surface area contributed by atoms with Gasteiger partial charge in [-0.1, -0.05) is 0 Å². The highest BCUT2D eigenvalue weighted by Gasteiger charge is 2.51. The zero-order valence-electron chi connectivity index (χ0n) is 8.88. The highest BCUT2D eigenvalue weighted by molar-refractivity contribution is 5.95. The molecule has 3 nitrogen and oxygen atoms in total. The second kappa shape index (κ2) is 2.70. The van der Waals surface area contributed by atoms with Crippen molar-refractivity contribution in [2.45, 2.75) is 39.4 Å². The lowest BCUT2D eigenvalue weighted by Crippen LogP contribution is -1.96. The Kier molecular flexibility index (Phi) is 1.83. The van der Waals surface area contributed by atoms with E-state index < -0.39 is 0 Å². The molecule has 0 amide bonds. The maximum absolute atomic E-state index is 11.2. The predicted octanol–water partition coefficient (Wildman–Crippen LogP) is 2.64. The molecule has 1 aromatic heterocycles. The molecule has 1 aromatic rings. The van der Waals surface area contributed by atoms with Gasteiger partial charge in [0.05, 0.1) is 11.2 Å². The van der Waals surface area contributed by atoms with Crippen molar-refractivity contribution in [3.8, 4) is 0 Å². The van der Waals surface area contributed by atoms with Crippen LogP contribution in [0.4, 0.5) is 0 Å². The molecular formula is C11H14O3. The molecule has 1 aliphatic rings. The minimum absolute atomic E-state index is 0.00861. The van der Waals surface area contributed by atoms with E-state index in [9.17, 15) is 4.79 Å². The molecular weight excluding hydrogens is 180 g/mol. The van der Waals surface area contributed by atoms with Crippen molar-refractivity contribution >= 4 is 5.78 Å². The van der Waals surface area contributed by atoms with Gasteiger partial charge in [0.2, 0.25) is 0 Å². The first kappa shape index (κ1) is 9.46. The molecule has 0 N–H and O–H groups in total. The van der Waals surface area contributed by atoms with Crippen LogP contribution < -0.4 is 0 Å². The number of Topliss-reactive ketones (excluding diaryl/α,β-unsaturated/α-hetero) is 1. The van der Waals surface area contributed by atoms with Crippen LogP contribution in [0.3, 0.4) is 0 Å². The molecule has 0 aromatic carbocycles. The summed E-state index contributed by atoms with van der Waals surface area (Å²) in [6.45, 7) is 7.35. The van der Waals surface area contributed by atoms with Gasteiger partial charge >= 0.3 is 0 Å². The predicted molar refractivity (Wildman–Crippen MR) is 51.4 cm³/mol. The van der Waals surface area contributed by atoms with E-state index in [1.807, 2.05) is 13.8 Å². The molecule has 14 heavy (non-hydrogen) atoms. The van der Waals surface area contributed by atoms with Gasteiger partial charge in [0.15, 0.2) is 5.78 Å². The maximum atomic E-state index is 11.2. The minimum atomic E-state index is -0.141. The average Bonchev–Trinajstić information content (AvgIpc) is 2.54. The topological polar surface area (TPSA) is 42.7 Å². The fraction of sp³-hybridized carbons (Fsp3) is 0.545. The molecule has 1 saturated heterocycles. The minimum Gasteiger partial charge on any atom is -0.463 e. The van der Waals surface area contributed by atoms with Gasteiger partial charge in [-0.05, 0) is 33.8 Å². The van der Waals surface area contributed by atoms with Crippen LogP contribution in [-0.4, -0.2) is 11.4 Å². The van der Waals surface area contributed by atoms with E-state index in [1.165, 1.54) is 0 Å². The van der Waals surface area contributed by atoms with Crippen molar-refractivity contribution < 1.29 is 13.9 Å². The Morgan fingerprint density at radius 1 is 1.50 bits per heavy atom. The van der Waals surface area contributed by atoms with Gasteiger partial charge in [0.1, 0.15) is 17.6 Å². The lowest BCUT2D eigenvalue weighted by atomic mass is 10.1. The number of hydrogen-bond donors (Lipinski definition) is 0. The van der Waals surface area contributed by atoms with Crippen molar-refractivity contribution in [3.05, 3.63) is 23.2 Å². The smallest absolute Gasteiger partial charge is 0.163 e. The first-order valence-electron chi connectivity index (χ1n) is 4.71. The van der Waals surface area contributed by atoms with Gasteiger partial charge in [-0.25, -0.2) is 0 Å². The van der Waals surface area contributed by atoms with Crippen molar-refractivity contribution in [2.75, 3.05) is 0 Å². The molecule has 1 fully saturated rings. The summed E-state index contributed by atoms with van der Waals surface area (Å²) in [6.07, 6.45) is 0.00861. The Morgan fingerprint density at radius 3 is 2.43 bits per heavy atom. The Balaban J connectivity index is 2.30. The largest absolute Gasteiger partial charge is 0.463 e. The summed E-state index contributed by atoms with van der Waals surface area (Å²) in [4.78, 5) is 11.2. The van der Waals surface area contributed by atoms with Crippen molar-refractivity contribution in [1.29, 1.82) is 0 Å². The van der Waals surface area contributed by atoms with Gasteiger partial charge in [0, 0.05) is 0 Å². The molecule has 76 valence electrons. The fourth-order valence-corrected chi connectivity index (χ4v) is 1.65. The lowest BCUT2D eigenvalue weighted by molar-refractivity contribution is 0.101. The second-order valence-electron chi connectivity index (χ2n) is 4.28. The van der Waals surface area contributed by atoms with Gasteiger partial charge in [0.25, 0.3) is 0 Å². The normalized spacial score (nSPS) is 23.6. The van der Waals surface area contributed by atoms with Crippen molar-refractivity contribution in [1.82, 2.24) is 0 Å². The van der Waals surface area contributed by atoms with Gasteiger partial charge in [-0.15, -0.1) is 0 Å². The van der Waals surface area contributed by atoms with E-state index in [-0.39, 0.29) is 17.5 Å². The summed E-state index contributed by atoms with van der Waals surface area (Å²) in [5.74, 6) is 1.48. The fourth-order valence-electron chi connectivity index (χ4n) is 1.65. The molecule has 0 spiro atoms. The molecule has 0 saturated carbocycles. The van der Waals surface area contributed by atoms with Gasteiger partial charge in [-0.2, -0.15) is 0 Å². The number of aryl methyl sites for hydroxylation is 1. The van der Waals surface area contributed by atoms with Crippen molar-refractivity contribution in [3.63, 3.8) is 0 Å². The number of hydrogen-bond acceptors (Lipinski definition) is 3. The standard InChI is InChI=1S/C11H14O3/c1-6(12)8-5-9(13-7(8)2)10-11(3,4)14-10/h5,10H,1-4H3. The molecule has 0 aliphatic carbocycles. The molecule has 1 aliphatic heterocycles. The van der Waals surface area contributed by atoms with Crippen LogP contribution in [0.2, 0.25) is 0 Å². The highest BCUT2D eigenvalue weighted by atomic mass is 16.6. The molecule has 0 radical (unpaired) electrons. The summed E-state index contributed by atoms with van der Waals surface area (Å²) in [5, 5.41) is 0. The molecule has 0 bridgehead atoms. The Morgan fingerprint density at radius 2 is 2.07 bits per heavy atom. The summed E-state index contributed by atoms with van der Waals surface area (Å²) >= 11 is 0. The highest BCUT2D eigenvalue weighted by Crippen LogP contribution is 2.49. The lowest BCUT2D eigenvalue weighted by Gasteiger charge is -1.91. The van der Waals surface area contributed by atoms with Crippen LogP contribution in [0.25, 0.3) is 0 Å². The van der Waals surface area contributed by atoms with Crippen molar-refractivity contribution in [2.24, 2.45) is 0 Å². The van der Waals surface area contributed by atoms with E-state index in [1.54, 1.807) is 19.9 Å². The Hall–Kier alpha value is -1.09. The van der Waals surface area contributed by atoms with E-state index in [0.717, 1.165) is 5.76 Å². The Bertz CT molecular complexity index is 387. The molecule has 1 unspecified atom stereocenters. The number of furan rings is 1. The number of epoxide rings is 1. The quantitative estimate of drug-likeness (QED) is 0.537. The van der Waals surface area contributed by atoms with Crippen LogP contribution in [0.5, 0.6) is 0 Å². The van der Waals surface area contributed by atoms with E-state index >= 15 is 0 Å². The van der Waals surface area contributed by atoms with E-state index in [0.29, 0.717) is 11.3 Å². The summed E-state index contributed by atoms with van der Waals surface area (Å²) in [5.41, 5.74) is 0.518. The summed E-state index contributed by atoms with van der Waals surface area (Å²) < 4.78 is 10.9. The first-order valence-corrected chi connectivity index (χ1v) is 4.71. The molecule has 1 atom stereocenters. The van der Waals surface area contributed by atoms with Crippen LogP contribution >= 0.6 is 0 Å². The third-order valence-electron chi connectivity index (χ3n) is 2.57. The van der Waals surface area contributed by atoms with E-state index in [2.05, 4.69) is 0 Å². The van der Waals surface area contributed by atoms with Crippen LogP contribution in [0.15, 0.2) is 10.5 Å². The van der Waals surface area contributed by atoms with Crippen LogP contribution in [-0.2, 0) is 4.74 Å². The number of ether oxygens (including phenoxy) is 1. The number of carbonyl (C=O) groups excluding carboxylic acids is 1. The monoisotopic (exact) mass is 194 g/mol. The zero-order chi connectivity index (χ0) is 10.5.